The van der Waals surface area contributed by atoms with Crippen LogP contribution in [0.5, 0.6) is 0 Å². The molecule has 0 N–H and O–H groups in total. The molecule has 2 atom stereocenters. The quantitative estimate of drug-likeness (QED) is 0.263. The molecule has 0 saturated heterocycles. The first-order valence-electron chi connectivity index (χ1n) is 9.47. The summed E-state index contributed by atoms with van der Waals surface area (Å²) in [5.74, 6) is 1.50. The maximum absolute atomic E-state index is 4.34. The zero-order chi connectivity index (χ0) is 16.8. The highest BCUT2D eigenvalue weighted by molar-refractivity contribution is 5.01. The van der Waals surface area contributed by atoms with Crippen LogP contribution in [-0.4, -0.2) is 25.5 Å². The van der Waals surface area contributed by atoms with Gasteiger partial charge in [0.15, 0.2) is 0 Å². The summed E-state index contributed by atoms with van der Waals surface area (Å²) in [4.78, 5) is 2.28. The molecule has 0 rings (SSSR count). The summed E-state index contributed by atoms with van der Waals surface area (Å²) in [6.45, 7) is 12.5. The van der Waals surface area contributed by atoms with Gasteiger partial charge in [-0.05, 0) is 64.6 Å². The van der Waals surface area contributed by atoms with Gasteiger partial charge in [0, 0.05) is 0 Å². The minimum atomic E-state index is 0.700. The maximum atomic E-state index is 4.34. The molecule has 0 radical (unpaired) electrons. The third-order valence-electron chi connectivity index (χ3n) is 4.38. The highest BCUT2D eigenvalue weighted by Crippen LogP contribution is 2.24. The van der Waals surface area contributed by atoms with Crippen LogP contribution in [0, 0.1) is 11.8 Å². The summed E-state index contributed by atoms with van der Waals surface area (Å²) < 4.78 is 0. The molecule has 0 saturated carbocycles. The zero-order valence-electron chi connectivity index (χ0n) is 16.0. The lowest BCUT2D eigenvalue weighted by Crippen LogP contribution is -2.12. The standard InChI is InChI=1S/C21H41N/c1-7-9-11-15-21(8-2)18-20(4)17-19(3)14-12-10-13-16-22(5)6/h11,15,19,21H,4,7-10,12-14,16-18H2,1-3,5-6H3. The Bertz CT molecular complexity index is 290. The summed E-state index contributed by atoms with van der Waals surface area (Å²) >= 11 is 0. The lowest BCUT2D eigenvalue weighted by Gasteiger charge is -2.17. The predicted octanol–water partition coefficient (Wildman–Crippen LogP) is 6.46. The van der Waals surface area contributed by atoms with Gasteiger partial charge in [0.05, 0.1) is 0 Å². The molecule has 1 nitrogen and oxygen atoms in total. The molecule has 0 aliphatic heterocycles. The van der Waals surface area contributed by atoms with Crippen LogP contribution in [0.3, 0.4) is 0 Å². The summed E-state index contributed by atoms with van der Waals surface area (Å²) in [5, 5.41) is 0. The molecule has 0 heterocycles. The van der Waals surface area contributed by atoms with Crippen LogP contribution < -0.4 is 0 Å². The molecule has 0 aromatic carbocycles. The first-order valence-corrected chi connectivity index (χ1v) is 9.47. The molecule has 0 aliphatic rings. The van der Waals surface area contributed by atoms with Crippen LogP contribution in [0.1, 0.15) is 78.6 Å². The SMILES string of the molecule is C=C(CC(C)CCCCCN(C)C)CC(C=CCCC)CC. The van der Waals surface area contributed by atoms with Crippen molar-refractivity contribution in [2.24, 2.45) is 11.8 Å². The summed E-state index contributed by atoms with van der Waals surface area (Å²) in [7, 11) is 4.32. The fraction of sp³-hybridized carbons (Fsp3) is 0.810. The molecule has 2 unspecified atom stereocenters. The first kappa shape index (κ1) is 21.4. The van der Waals surface area contributed by atoms with E-state index in [1.807, 2.05) is 0 Å². The second-order valence-electron chi connectivity index (χ2n) is 7.30. The average molecular weight is 308 g/mol. The highest BCUT2D eigenvalue weighted by Gasteiger charge is 2.09. The number of rotatable bonds is 14. The van der Waals surface area contributed by atoms with Crippen molar-refractivity contribution >= 4 is 0 Å². The lowest BCUT2D eigenvalue weighted by atomic mass is 9.89. The fourth-order valence-corrected chi connectivity index (χ4v) is 2.95. The Balaban J connectivity index is 3.83. The highest BCUT2D eigenvalue weighted by atomic mass is 15.0. The van der Waals surface area contributed by atoms with Gasteiger partial charge in [-0.25, -0.2) is 0 Å². The van der Waals surface area contributed by atoms with Gasteiger partial charge in [0.25, 0.3) is 0 Å². The van der Waals surface area contributed by atoms with Crippen LogP contribution in [0.4, 0.5) is 0 Å². The molecule has 0 bridgehead atoms. The molecular weight excluding hydrogens is 266 g/mol. The normalized spacial score (nSPS) is 14.6. The molecule has 1 heteroatoms. The van der Waals surface area contributed by atoms with Gasteiger partial charge >= 0.3 is 0 Å². The Hall–Kier alpha value is -0.560. The average Bonchev–Trinajstić information content (AvgIpc) is 2.45. The third-order valence-corrected chi connectivity index (χ3v) is 4.38. The predicted molar refractivity (Wildman–Crippen MR) is 102 cm³/mol. The van der Waals surface area contributed by atoms with Crippen molar-refractivity contribution in [2.75, 3.05) is 20.6 Å². The number of hydrogen-bond acceptors (Lipinski definition) is 1. The van der Waals surface area contributed by atoms with E-state index in [-0.39, 0.29) is 0 Å². The van der Waals surface area contributed by atoms with Gasteiger partial charge in [-0.3, -0.25) is 0 Å². The molecular formula is C21H41N. The minimum Gasteiger partial charge on any atom is -0.309 e. The molecule has 0 fully saturated rings. The van der Waals surface area contributed by atoms with Crippen molar-refractivity contribution in [1.29, 1.82) is 0 Å². The zero-order valence-corrected chi connectivity index (χ0v) is 16.0. The summed E-state index contributed by atoms with van der Waals surface area (Å²) in [5.41, 5.74) is 1.45. The van der Waals surface area contributed by atoms with E-state index in [1.54, 1.807) is 0 Å². The Kier molecular flexibility index (Phi) is 13.7. The van der Waals surface area contributed by atoms with Gasteiger partial charge in [-0.15, -0.1) is 0 Å². The van der Waals surface area contributed by atoms with Crippen LogP contribution in [0.2, 0.25) is 0 Å². The van der Waals surface area contributed by atoms with Crippen molar-refractivity contribution in [1.82, 2.24) is 4.90 Å². The van der Waals surface area contributed by atoms with E-state index in [0.717, 1.165) is 5.92 Å². The largest absolute Gasteiger partial charge is 0.309 e. The number of allylic oxidation sites excluding steroid dienone is 3. The number of unbranched alkanes of at least 4 members (excludes halogenated alkanes) is 3. The Labute approximate surface area is 140 Å². The second-order valence-corrected chi connectivity index (χ2v) is 7.30. The molecule has 22 heavy (non-hydrogen) atoms. The first-order chi connectivity index (χ1) is 10.5. The van der Waals surface area contributed by atoms with Crippen molar-refractivity contribution in [3.63, 3.8) is 0 Å². The van der Waals surface area contributed by atoms with Crippen LogP contribution in [-0.2, 0) is 0 Å². The van der Waals surface area contributed by atoms with Gasteiger partial charge in [0.1, 0.15) is 0 Å². The van der Waals surface area contributed by atoms with Crippen molar-refractivity contribution in [3.05, 3.63) is 24.3 Å². The molecule has 0 aliphatic carbocycles. The van der Waals surface area contributed by atoms with Crippen molar-refractivity contribution < 1.29 is 0 Å². The number of nitrogens with zero attached hydrogens (tertiary/aromatic N) is 1. The summed E-state index contributed by atoms with van der Waals surface area (Å²) in [6, 6.07) is 0. The van der Waals surface area contributed by atoms with Crippen LogP contribution >= 0.6 is 0 Å². The molecule has 0 amide bonds. The molecule has 0 spiro atoms. The lowest BCUT2D eigenvalue weighted by molar-refractivity contribution is 0.383. The second kappa shape index (κ2) is 14.1. The molecule has 130 valence electrons. The minimum absolute atomic E-state index is 0.700. The van der Waals surface area contributed by atoms with E-state index in [2.05, 4.69) is 58.5 Å². The monoisotopic (exact) mass is 307 g/mol. The molecule has 0 aromatic heterocycles. The smallest absolute Gasteiger partial charge is 0.00248 e. The van der Waals surface area contributed by atoms with E-state index >= 15 is 0 Å². The van der Waals surface area contributed by atoms with E-state index in [1.165, 1.54) is 69.9 Å². The molecule has 0 aromatic rings. The Morgan fingerprint density at radius 3 is 2.41 bits per heavy atom. The van der Waals surface area contributed by atoms with Gasteiger partial charge in [0.2, 0.25) is 0 Å². The van der Waals surface area contributed by atoms with Crippen LogP contribution in [0.25, 0.3) is 0 Å². The van der Waals surface area contributed by atoms with E-state index in [0.29, 0.717) is 5.92 Å². The van der Waals surface area contributed by atoms with Crippen LogP contribution in [0.15, 0.2) is 24.3 Å². The van der Waals surface area contributed by atoms with E-state index < -0.39 is 0 Å². The van der Waals surface area contributed by atoms with E-state index in [9.17, 15) is 0 Å². The summed E-state index contributed by atoms with van der Waals surface area (Å²) in [6.07, 6.45) is 16.3. The van der Waals surface area contributed by atoms with Gasteiger partial charge in [-0.1, -0.05) is 70.8 Å². The Morgan fingerprint density at radius 2 is 1.82 bits per heavy atom. The van der Waals surface area contributed by atoms with Gasteiger partial charge in [-0.2, -0.15) is 0 Å². The third kappa shape index (κ3) is 13.1. The fourth-order valence-electron chi connectivity index (χ4n) is 2.95. The van der Waals surface area contributed by atoms with E-state index in [4.69, 9.17) is 0 Å². The topological polar surface area (TPSA) is 3.24 Å². The van der Waals surface area contributed by atoms with Crippen molar-refractivity contribution in [2.45, 2.75) is 78.6 Å². The number of hydrogen-bond donors (Lipinski definition) is 0. The maximum Gasteiger partial charge on any atom is -0.00248 e. The Morgan fingerprint density at radius 1 is 1.09 bits per heavy atom. The van der Waals surface area contributed by atoms with Gasteiger partial charge < -0.3 is 4.90 Å². The van der Waals surface area contributed by atoms with Crippen molar-refractivity contribution in [3.8, 4) is 0 Å².